The van der Waals surface area contributed by atoms with E-state index in [9.17, 15) is 14.4 Å². The summed E-state index contributed by atoms with van der Waals surface area (Å²) in [5.74, 6) is -0.461. The number of likely N-dealkylation sites (N-methyl/N-ethyl adjacent to an activating group) is 2. The average Bonchev–Trinajstić information content (AvgIpc) is 3.38. The molecule has 4 amide bonds. The molecule has 2 aromatic heterocycles. The third kappa shape index (κ3) is 2.94. The molecule has 0 saturated carbocycles. The van der Waals surface area contributed by atoms with Crippen molar-refractivity contribution in [2.24, 2.45) is 4.99 Å². The Morgan fingerprint density at radius 3 is 2.82 bits per heavy atom. The lowest BCUT2D eigenvalue weighted by atomic mass is 10.1. The number of carbonyl (C=O) groups excluding carboxylic acids is 3. The summed E-state index contributed by atoms with van der Waals surface area (Å²) in [6.07, 6.45) is 1.36. The first-order valence-electron chi connectivity index (χ1n) is 8.13. The van der Waals surface area contributed by atoms with E-state index in [0.29, 0.717) is 5.69 Å². The fourth-order valence-corrected chi connectivity index (χ4v) is 3.42. The van der Waals surface area contributed by atoms with Crippen molar-refractivity contribution in [3.05, 3.63) is 10.4 Å². The predicted octanol–water partition coefficient (Wildman–Crippen LogP) is -0.215. The van der Waals surface area contributed by atoms with E-state index in [4.69, 9.17) is 4.42 Å². The number of amidine groups is 1. The lowest BCUT2D eigenvalue weighted by Gasteiger charge is -2.30. The van der Waals surface area contributed by atoms with E-state index in [2.05, 4.69) is 25.5 Å². The Hall–Kier alpha value is -3.48. The van der Waals surface area contributed by atoms with Crippen molar-refractivity contribution in [3.63, 3.8) is 0 Å². The molecule has 1 N–H and O–H groups in total. The van der Waals surface area contributed by atoms with Crippen LogP contribution in [-0.4, -0.2) is 86.3 Å². The molecule has 0 spiro atoms. The molecule has 13 heteroatoms. The van der Waals surface area contributed by atoms with Crippen LogP contribution >= 0.6 is 11.3 Å². The zero-order chi connectivity index (χ0) is 20.0. The van der Waals surface area contributed by atoms with Crippen molar-refractivity contribution in [1.29, 1.82) is 0 Å². The second kappa shape index (κ2) is 6.60. The van der Waals surface area contributed by atoms with Gasteiger partial charge in [0.25, 0.3) is 35.9 Å². The molecule has 2 aliphatic rings. The maximum atomic E-state index is 12.4. The Morgan fingerprint density at radius 1 is 1.32 bits per heavy atom. The van der Waals surface area contributed by atoms with Gasteiger partial charge < -0.3 is 4.42 Å². The highest BCUT2D eigenvalue weighted by molar-refractivity contribution is 7.09. The maximum Gasteiger partial charge on any atom is 0.333 e. The molecule has 2 aliphatic heterocycles. The summed E-state index contributed by atoms with van der Waals surface area (Å²) < 4.78 is 6.84. The molecule has 1 saturated heterocycles. The molecule has 4 rings (SSSR count). The van der Waals surface area contributed by atoms with Gasteiger partial charge in [-0.25, -0.2) is 14.4 Å². The van der Waals surface area contributed by atoms with Crippen molar-refractivity contribution < 1.29 is 23.4 Å². The van der Waals surface area contributed by atoms with Gasteiger partial charge in [0.05, 0.1) is 5.01 Å². The van der Waals surface area contributed by atoms with Gasteiger partial charge in [-0.15, -0.1) is 16.4 Å². The van der Waals surface area contributed by atoms with Crippen molar-refractivity contribution in [2.75, 3.05) is 26.0 Å². The highest BCUT2D eigenvalue weighted by Crippen LogP contribution is 2.22. The van der Waals surface area contributed by atoms with Gasteiger partial charge in [-0.3, -0.25) is 24.7 Å². The molecule has 1 fully saturated rings. The van der Waals surface area contributed by atoms with Gasteiger partial charge in [0.2, 0.25) is 0 Å². The molecule has 0 aliphatic carbocycles. The van der Waals surface area contributed by atoms with Crippen molar-refractivity contribution in [2.45, 2.75) is 13.0 Å². The summed E-state index contributed by atoms with van der Waals surface area (Å²) in [7, 11) is 2.91. The van der Waals surface area contributed by atoms with Crippen LogP contribution in [0.5, 0.6) is 0 Å². The van der Waals surface area contributed by atoms with Gasteiger partial charge in [0.15, 0.2) is 6.54 Å². The molecule has 0 radical (unpaired) electrons. The minimum Gasteiger partial charge on any atom is -0.401 e. The molecule has 2 aromatic rings. The maximum absolute atomic E-state index is 12.4. The topological polar surface area (TPSA) is 137 Å². The predicted molar refractivity (Wildman–Crippen MR) is 97.1 cm³/mol. The standard InChI is InChI=1S/C15H14N8O4S/c1-7-17-8(5-28-7)12-19-20-14(27-12)18-9(24)4-23-6-16-11-10(23)13(25)22(3)15(26)21(11)2/h5-6,10H,4H2,1-3H3/p+1. The fraction of sp³-hybridized carbons (Fsp3) is 0.333. The number of nitrogens with zero attached hydrogens (tertiary/aromatic N) is 7. The summed E-state index contributed by atoms with van der Waals surface area (Å²) in [5.41, 5.74) is 0.532. The first-order valence-corrected chi connectivity index (χ1v) is 9.01. The SMILES string of the molecule is Cc1nc(-c2nnc(NC(=O)C[N+]3=CN=C4C3C(=O)N(C)C(=O)N4C)o2)cs1. The minimum atomic E-state index is -0.838. The Morgan fingerprint density at radius 2 is 2.11 bits per heavy atom. The largest absolute Gasteiger partial charge is 0.401 e. The van der Waals surface area contributed by atoms with Gasteiger partial charge in [0, 0.05) is 19.5 Å². The Kier molecular flexibility index (Phi) is 4.22. The first-order chi connectivity index (χ1) is 13.3. The minimum absolute atomic E-state index is 0.0784. The molecule has 0 aromatic carbocycles. The van der Waals surface area contributed by atoms with E-state index in [1.807, 2.05) is 6.92 Å². The molecule has 4 heterocycles. The molecule has 0 bridgehead atoms. The van der Waals surface area contributed by atoms with Gasteiger partial charge in [-0.05, 0) is 11.9 Å². The second-order valence-corrected chi connectivity index (χ2v) is 7.19. The molecule has 12 nitrogen and oxygen atoms in total. The number of anilines is 1. The van der Waals surface area contributed by atoms with E-state index in [1.165, 1.54) is 41.2 Å². The summed E-state index contributed by atoms with van der Waals surface area (Å²) in [4.78, 5) is 47.4. The highest BCUT2D eigenvalue weighted by atomic mass is 32.1. The number of aromatic nitrogens is 3. The number of aliphatic imine (C=N–C) groups is 1. The number of imide groups is 1. The van der Waals surface area contributed by atoms with Crippen LogP contribution in [0.3, 0.4) is 0 Å². The zero-order valence-electron chi connectivity index (χ0n) is 15.1. The molecular formula is C15H15N8O4S+. The lowest BCUT2D eigenvalue weighted by Crippen LogP contribution is -2.61. The number of hydrogen-bond acceptors (Lipinski definition) is 9. The smallest absolute Gasteiger partial charge is 0.333 e. The van der Waals surface area contributed by atoms with Gasteiger partial charge in [-0.1, -0.05) is 5.10 Å². The quantitative estimate of drug-likeness (QED) is 0.697. The van der Waals surface area contributed by atoms with Crippen LogP contribution in [0.1, 0.15) is 5.01 Å². The average molecular weight is 403 g/mol. The molecular weight excluding hydrogens is 388 g/mol. The van der Waals surface area contributed by atoms with E-state index in [1.54, 1.807) is 5.38 Å². The van der Waals surface area contributed by atoms with Crippen molar-refractivity contribution >= 4 is 47.4 Å². The normalized spacial score (nSPS) is 18.9. The highest BCUT2D eigenvalue weighted by Gasteiger charge is 2.50. The van der Waals surface area contributed by atoms with Crippen LogP contribution in [0.15, 0.2) is 14.8 Å². The van der Waals surface area contributed by atoms with E-state index in [0.717, 1.165) is 9.91 Å². The third-order valence-corrected chi connectivity index (χ3v) is 5.01. The molecule has 1 unspecified atom stereocenters. The van der Waals surface area contributed by atoms with Crippen LogP contribution < -0.4 is 5.32 Å². The number of amides is 4. The summed E-state index contributed by atoms with van der Waals surface area (Å²) in [6.45, 7) is 1.66. The summed E-state index contributed by atoms with van der Waals surface area (Å²) in [5, 5.41) is 12.7. The van der Waals surface area contributed by atoms with Crippen LogP contribution in [0.2, 0.25) is 0 Å². The van der Waals surface area contributed by atoms with Crippen molar-refractivity contribution in [3.8, 4) is 11.6 Å². The van der Waals surface area contributed by atoms with Crippen LogP contribution in [-0.2, 0) is 9.59 Å². The van der Waals surface area contributed by atoms with E-state index in [-0.39, 0.29) is 24.3 Å². The van der Waals surface area contributed by atoms with Gasteiger partial charge in [0.1, 0.15) is 5.69 Å². The number of aryl methyl sites for hydroxylation is 1. The summed E-state index contributed by atoms with van der Waals surface area (Å²) >= 11 is 1.44. The summed E-state index contributed by atoms with van der Waals surface area (Å²) in [6, 6.07) is -1.39. The molecule has 144 valence electrons. The monoisotopic (exact) mass is 403 g/mol. The Labute approximate surface area is 162 Å². The molecule has 28 heavy (non-hydrogen) atoms. The lowest BCUT2D eigenvalue weighted by molar-refractivity contribution is -0.519. The van der Waals surface area contributed by atoms with Crippen LogP contribution in [0.4, 0.5) is 10.8 Å². The van der Waals surface area contributed by atoms with Gasteiger partial charge in [-0.2, -0.15) is 0 Å². The van der Waals surface area contributed by atoms with Gasteiger partial charge >= 0.3 is 12.0 Å². The number of carbonyl (C=O) groups is 3. The Bertz CT molecular complexity index is 1050. The number of fused-ring (bicyclic) bond motifs is 1. The first kappa shape index (κ1) is 17.9. The molecule has 1 atom stereocenters. The van der Waals surface area contributed by atoms with Crippen LogP contribution in [0, 0.1) is 6.92 Å². The van der Waals surface area contributed by atoms with Crippen molar-refractivity contribution in [1.82, 2.24) is 25.0 Å². The fourth-order valence-electron chi connectivity index (χ4n) is 2.84. The van der Waals surface area contributed by atoms with E-state index >= 15 is 0 Å². The zero-order valence-corrected chi connectivity index (χ0v) is 15.9. The Balaban J connectivity index is 1.43. The number of nitrogens with one attached hydrogen (secondary N) is 1. The third-order valence-electron chi connectivity index (χ3n) is 4.23. The number of urea groups is 1. The number of thiazole rings is 1. The number of rotatable bonds is 4. The second-order valence-electron chi connectivity index (χ2n) is 6.13. The van der Waals surface area contributed by atoms with Crippen LogP contribution in [0.25, 0.3) is 11.6 Å². The van der Waals surface area contributed by atoms with E-state index < -0.39 is 23.9 Å². The number of hydrogen-bond donors (Lipinski definition) is 1.